The normalized spacial score (nSPS) is 13.1. The van der Waals surface area contributed by atoms with Gasteiger partial charge in [-0.2, -0.15) is 0 Å². The van der Waals surface area contributed by atoms with Gasteiger partial charge >= 0.3 is 0 Å². The van der Waals surface area contributed by atoms with E-state index in [9.17, 15) is 0 Å². The van der Waals surface area contributed by atoms with Gasteiger partial charge in [0.2, 0.25) is 0 Å². The summed E-state index contributed by atoms with van der Waals surface area (Å²) in [5.74, 6) is 0.890. The molecule has 1 aromatic heterocycles. The number of benzene rings is 2. The van der Waals surface area contributed by atoms with Crippen molar-refractivity contribution in [1.29, 1.82) is 0 Å². The molecule has 2 heterocycles. The van der Waals surface area contributed by atoms with Crippen LogP contribution in [0, 0.1) is 13.8 Å². The Morgan fingerprint density at radius 2 is 2.00 bits per heavy atom. The van der Waals surface area contributed by atoms with E-state index in [1.165, 1.54) is 21.6 Å². The zero-order valence-electron chi connectivity index (χ0n) is 11.9. The average molecular weight is 312 g/mol. The van der Waals surface area contributed by atoms with Gasteiger partial charge in [-0.25, -0.2) is 4.98 Å². The Bertz CT molecular complexity index is 886. The van der Waals surface area contributed by atoms with Gasteiger partial charge in [0.1, 0.15) is 0 Å². The van der Waals surface area contributed by atoms with Gasteiger partial charge in [-0.3, -0.25) is 0 Å². The highest BCUT2D eigenvalue weighted by atomic mass is 35.5. The summed E-state index contributed by atoms with van der Waals surface area (Å²) in [7, 11) is 0. The van der Waals surface area contributed by atoms with Gasteiger partial charge in [0, 0.05) is 27.2 Å². The fourth-order valence-electron chi connectivity index (χ4n) is 2.89. The maximum absolute atomic E-state index is 6.68. The third kappa shape index (κ3) is 1.97. The summed E-state index contributed by atoms with van der Waals surface area (Å²) in [4.78, 5) is 6.26. The smallest absolute Gasteiger partial charge is 0.0776 e. The minimum absolute atomic E-state index is 0.860. The molecule has 3 aromatic rings. The predicted octanol–water partition coefficient (Wildman–Crippen LogP) is 5.78. The van der Waals surface area contributed by atoms with Crippen molar-refractivity contribution < 1.29 is 0 Å². The van der Waals surface area contributed by atoms with Gasteiger partial charge in [-0.1, -0.05) is 41.4 Å². The molecule has 0 bridgehead atoms. The number of nitrogens with zero attached hydrogens (tertiary/aromatic N) is 1. The van der Waals surface area contributed by atoms with Crippen molar-refractivity contribution in [3.05, 3.63) is 58.1 Å². The number of hydrogen-bond acceptors (Lipinski definition) is 2. The number of aryl methyl sites for hydroxylation is 2. The lowest BCUT2D eigenvalue weighted by atomic mass is 10.0. The molecular formula is C18H14ClNS. The minimum Gasteiger partial charge on any atom is -0.247 e. The maximum atomic E-state index is 6.68. The molecule has 1 aliphatic rings. The van der Waals surface area contributed by atoms with Crippen molar-refractivity contribution in [1.82, 2.24) is 4.98 Å². The van der Waals surface area contributed by atoms with Crippen LogP contribution >= 0.6 is 23.4 Å². The molecule has 1 nitrogen and oxygen atoms in total. The summed E-state index contributed by atoms with van der Waals surface area (Å²) < 4.78 is 0. The Morgan fingerprint density at radius 3 is 2.86 bits per heavy atom. The third-order valence-electron chi connectivity index (χ3n) is 4.01. The van der Waals surface area contributed by atoms with E-state index in [4.69, 9.17) is 16.6 Å². The molecule has 1 aliphatic heterocycles. The highest BCUT2D eigenvalue weighted by molar-refractivity contribution is 7.98. The van der Waals surface area contributed by atoms with Gasteiger partial charge in [0.05, 0.1) is 16.2 Å². The Morgan fingerprint density at radius 1 is 1.14 bits per heavy atom. The van der Waals surface area contributed by atoms with Crippen LogP contribution < -0.4 is 0 Å². The van der Waals surface area contributed by atoms with E-state index in [0.717, 1.165) is 32.9 Å². The number of hydrogen-bond donors (Lipinski definition) is 0. The van der Waals surface area contributed by atoms with Gasteiger partial charge < -0.3 is 0 Å². The second-order valence-electron chi connectivity index (χ2n) is 5.51. The Labute approximate surface area is 133 Å². The van der Waals surface area contributed by atoms with Crippen LogP contribution in [0.15, 0.2) is 41.3 Å². The number of fused-ring (bicyclic) bond motifs is 4. The number of aromatic nitrogens is 1. The molecule has 4 rings (SSSR count). The van der Waals surface area contributed by atoms with E-state index in [2.05, 4.69) is 44.2 Å². The summed E-state index contributed by atoms with van der Waals surface area (Å²) in [6.07, 6.45) is 0. The molecule has 0 fully saturated rings. The lowest BCUT2D eigenvalue weighted by Crippen LogP contribution is -2.02. The third-order valence-corrected chi connectivity index (χ3v) is 5.54. The first kappa shape index (κ1) is 13.2. The summed E-state index contributed by atoms with van der Waals surface area (Å²) >= 11 is 8.53. The number of rotatable bonds is 0. The molecule has 0 aliphatic carbocycles. The first-order valence-electron chi connectivity index (χ1n) is 6.96. The minimum atomic E-state index is 0.860. The highest BCUT2D eigenvalue weighted by Crippen LogP contribution is 2.45. The maximum Gasteiger partial charge on any atom is 0.0776 e. The van der Waals surface area contributed by atoms with Crippen molar-refractivity contribution in [3.63, 3.8) is 0 Å². The largest absolute Gasteiger partial charge is 0.247 e. The summed E-state index contributed by atoms with van der Waals surface area (Å²) in [5.41, 5.74) is 6.88. The molecule has 0 unspecified atom stereocenters. The number of para-hydroxylation sites is 1. The second-order valence-corrected chi connectivity index (χ2v) is 6.91. The zero-order chi connectivity index (χ0) is 14.6. The van der Waals surface area contributed by atoms with Crippen LogP contribution in [0.4, 0.5) is 0 Å². The SMILES string of the molecule is Cc1ccc2c(c1)-c1nc3c(C)cccc3c(Cl)c1CS2. The quantitative estimate of drug-likeness (QED) is 0.522. The Hall–Kier alpha value is -1.51. The van der Waals surface area contributed by atoms with E-state index in [1.807, 2.05) is 17.8 Å². The van der Waals surface area contributed by atoms with Crippen LogP contribution in [0.2, 0.25) is 5.02 Å². The van der Waals surface area contributed by atoms with Gasteiger partial charge in [-0.15, -0.1) is 11.8 Å². The van der Waals surface area contributed by atoms with Crippen LogP contribution in [0.25, 0.3) is 22.2 Å². The lowest BCUT2D eigenvalue weighted by Gasteiger charge is -2.21. The van der Waals surface area contributed by atoms with E-state index in [0.29, 0.717) is 0 Å². The molecule has 0 atom stereocenters. The molecule has 104 valence electrons. The van der Waals surface area contributed by atoms with Crippen molar-refractivity contribution in [3.8, 4) is 11.3 Å². The average Bonchev–Trinajstić information content (AvgIpc) is 2.48. The van der Waals surface area contributed by atoms with Crippen LogP contribution in [0.5, 0.6) is 0 Å². The monoisotopic (exact) mass is 311 g/mol. The summed E-state index contributed by atoms with van der Waals surface area (Å²) in [6, 6.07) is 12.8. The highest BCUT2D eigenvalue weighted by Gasteiger charge is 2.22. The second kappa shape index (κ2) is 4.75. The van der Waals surface area contributed by atoms with Crippen LogP contribution in [0.3, 0.4) is 0 Å². The Balaban J connectivity index is 2.12. The molecule has 0 saturated heterocycles. The standard InChI is InChI=1S/C18H14ClNS/c1-10-6-7-15-13(8-10)18-14(9-21-15)16(19)12-5-3-4-11(2)17(12)20-18/h3-8H,9H2,1-2H3. The fraction of sp³-hybridized carbons (Fsp3) is 0.167. The van der Waals surface area contributed by atoms with Crippen LogP contribution in [-0.2, 0) is 5.75 Å². The first-order valence-corrected chi connectivity index (χ1v) is 8.33. The zero-order valence-corrected chi connectivity index (χ0v) is 13.5. The molecule has 2 aromatic carbocycles. The van der Waals surface area contributed by atoms with Crippen LogP contribution in [-0.4, -0.2) is 4.98 Å². The summed E-state index contributed by atoms with van der Waals surface area (Å²) in [6.45, 7) is 4.21. The molecule has 21 heavy (non-hydrogen) atoms. The first-order chi connectivity index (χ1) is 10.1. The molecule has 3 heteroatoms. The van der Waals surface area contributed by atoms with Gasteiger partial charge in [0.15, 0.2) is 0 Å². The number of thioether (sulfide) groups is 1. The number of halogens is 1. The molecule has 0 spiro atoms. The molecule has 0 radical (unpaired) electrons. The van der Waals surface area contributed by atoms with Gasteiger partial charge in [-0.05, 0) is 31.5 Å². The number of pyridine rings is 1. The van der Waals surface area contributed by atoms with E-state index in [-0.39, 0.29) is 0 Å². The topological polar surface area (TPSA) is 12.9 Å². The summed E-state index contributed by atoms with van der Waals surface area (Å²) in [5, 5.41) is 1.92. The Kier molecular flexibility index (Phi) is 2.98. The molecular weight excluding hydrogens is 298 g/mol. The fourth-order valence-corrected chi connectivity index (χ4v) is 4.33. The predicted molar refractivity (Wildman–Crippen MR) is 91.2 cm³/mol. The van der Waals surface area contributed by atoms with Crippen molar-refractivity contribution in [2.75, 3.05) is 0 Å². The lowest BCUT2D eigenvalue weighted by molar-refractivity contribution is 1.23. The van der Waals surface area contributed by atoms with Crippen molar-refractivity contribution >= 4 is 34.3 Å². The van der Waals surface area contributed by atoms with Crippen molar-refractivity contribution in [2.45, 2.75) is 24.5 Å². The van der Waals surface area contributed by atoms with Crippen LogP contribution in [0.1, 0.15) is 16.7 Å². The van der Waals surface area contributed by atoms with Gasteiger partial charge in [0.25, 0.3) is 0 Å². The molecule has 0 saturated carbocycles. The molecule has 0 amide bonds. The molecule has 0 N–H and O–H groups in total. The van der Waals surface area contributed by atoms with E-state index in [1.54, 1.807) is 0 Å². The van der Waals surface area contributed by atoms with E-state index < -0.39 is 0 Å². The van der Waals surface area contributed by atoms with E-state index >= 15 is 0 Å². The van der Waals surface area contributed by atoms with Crippen molar-refractivity contribution in [2.24, 2.45) is 0 Å².